The summed E-state index contributed by atoms with van der Waals surface area (Å²) in [6.07, 6.45) is 5.42. The predicted octanol–water partition coefficient (Wildman–Crippen LogP) is 4.40. The number of aromatic amines is 1. The van der Waals surface area contributed by atoms with E-state index in [9.17, 15) is 9.59 Å². The van der Waals surface area contributed by atoms with Gasteiger partial charge in [0.05, 0.1) is 6.42 Å². The van der Waals surface area contributed by atoms with Gasteiger partial charge in [0, 0.05) is 59.4 Å². The summed E-state index contributed by atoms with van der Waals surface area (Å²) < 4.78 is 0. The van der Waals surface area contributed by atoms with Crippen molar-refractivity contribution in [3.05, 3.63) is 75.9 Å². The molecule has 154 valence electrons. The second-order valence-corrected chi connectivity index (χ2v) is 8.09. The molecule has 2 amide bonds. The summed E-state index contributed by atoms with van der Waals surface area (Å²) in [7, 11) is 0. The minimum absolute atomic E-state index is 0.0769. The highest BCUT2D eigenvalue weighted by atomic mass is 35.5. The normalized spacial score (nSPS) is 14.6. The van der Waals surface area contributed by atoms with E-state index in [-0.39, 0.29) is 11.8 Å². The van der Waals surface area contributed by atoms with Gasteiger partial charge >= 0.3 is 0 Å². The summed E-state index contributed by atoms with van der Waals surface area (Å²) in [5.41, 5.74) is 2.72. The molecule has 2 aromatic carbocycles. The summed E-state index contributed by atoms with van der Waals surface area (Å²) in [5.74, 6) is -0.0251. The van der Waals surface area contributed by atoms with Crippen LogP contribution in [0.2, 0.25) is 10.0 Å². The van der Waals surface area contributed by atoms with Crippen molar-refractivity contribution < 1.29 is 9.59 Å². The van der Waals surface area contributed by atoms with E-state index in [1.54, 1.807) is 29.2 Å². The third-order valence-electron chi connectivity index (χ3n) is 5.32. The Balaban J connectivity index is 1.33. The lowest BCUT2D eigenvalue weighted by molar-refractivity contribution is -0.136. The van der Waals surface area contributed by atoms with Crippen molar-refractivity contribution in [3.8, 4) is 0 Å². The van der Waals surface area contributed by atoms with Crippen LogP contribution in [0.4, 0.5) is 0 Å². The van der Waals surface area contributed by atoms with Crippen LogP contribution in [-0.4, -0.2) is 52.8 Å². The molecule has 0 spiro atoms. The second-order valence-electron chi connectivity index (χ2n) is 7.24. The molecule has 1 fully saturated rings. The Kier molecular flexibility index (Phi) is 6.11. The van der Waals surface area contributed by atoms with Gasteiger partial charge in [-0.3, -0.25) is 9.59 Å². The van der Waals surface area contributed by atoms with Crippen LogP contribution < -0.4 is 0 Å². The van der Waals surface area contributed by atoms with Crippen LogP contribution in [0.3, 0.4) is 0 Å². The number of benzene rings is 2. The fourth-order valence-corrected chi connectivity index (χ4v) is 4.00. The van der Waals surface area contributed by atoms with E-state index in [1.165, 1.54) is 6.08 Å². The maximum Gasteiger partial charge on any atom is 0.246 e. The molecule has 4 rings (SSSR count). The SMILES string of the molecule is O=C(/C=C/c1cc(Cl)ccc1Cl)N1CCN(C(=O)Cc2c[nH]c3ccccc23)CC1. The molecule has 1 saturated heterocycles. The first-order chi connectivity index (χ1) is 14.5. The van der Waals surface area contributed by atoms with E-state index in [0.29, 0.717) is 48.2 Å². The standard InChI is InChI=1S/C23H21Cl2N3O2/c24-18-6-7-20(25)16(13-18)5-8-22(29)27-9-11-28(12-10-27)23(30)14-17-15-26-21-4-2-1-3-19(17)21/h1-8,13,15,26H,9-12,14H2/b8-5+. The number of nitrogens with one attached hydrogen (secondary N) is 1. The Hall–Kier alpha value is -2.76. The van der Waals surface area contributed by atoms with Crippen molar-refractivity contribution in [2.75, 3.05) is 26.2 Å². The van der Waals surface area contributed by atoms with Gasteiger partial charge in [0.25, 0.3) is 0 Å². The highest BCUT2D eigenvalue weighted by Crippen LogP contribution is 2.22. The van der Waals surface area contributed by atoms with Crippen molar-refractivity contribution in [2.45, 2.75) is 6.42 Å². The fraction of sp³-hybridized carbons (Fsp3) is 0.217. The Bertz CT molecular complexity index is 1110. The summed E-state index contributed by atoms with van der Waals surface area (Å²) in [6, 6.07) is 13.1. The number of hydrogen-bond acceptors (Lipinski definition) is 2. The Morgan fingerprint density at radius 3 is 2.53 bits per heavy atom. The lowest BCUT2D eigenvalue weighted by Gasteiger charge is -2.34. The molecule has 7 heteroatoms. The van der Waals surface area contributed by atoms with Gasteiger partial charge in [-0.15, -0.1) is 0 Å². The Morgan fingerprint density at radius 2 is 1.73 bits per heavy atom. The van der Waals surface area contributed by atoms with Gasteiger partial charge < -0.3 is 14.8 Å². The van der Waals surface area contributed by atoms with Crippen LogP contribution >= 0.6 is 23.2 Å². The van der Waals surface area contributed by atoms with E-state index in [2.05, 4.69) is 4.98 Å². The minimum Gasteiger partial charge on any atom is -0.361 e. The van der Waals surface area contributed by atoms with Crippen LogP contribution in [0.25, 0.3) is 17.0 Å². The van der Waals surface area contributed by atoms with Crippen LogP contribution in [0.15, 0.2) is 54.7 Å². The van der Waals surface area contributed by atoms with E-state index in [1.807, 2.05) is 35.4 Å². The number of H-pyrrole nitrogens is 1. The van der Waals surface area contributed by atoms with Crippen molar-refractivity contribution in [3.63, 3.8) is 0 Å². The first-order valence-electron chi connectivity index (χ1n) is 9.76. The lowest BCUT2D eigenvalue weighted by atomic mass is 10.1. The zero-order chi connectivity index (χ0) is 21.1. The zero-order valence-corrected chi connectivity index (χ0v) is 17.8. The number of nitrogens with zero attached hydrogens (tertiary/aromatic N) is 2. The molecule has 1 aliphatic heterocycles. The van der Waals surface area contributed by atoms with Gasteiger partial charge in [-0.05, 0) is 41.5 Å². The summed E-state index contributed by atoms with van der Waals surface area (Å²) in [6.45, 7) is 2.07. The van der Waals surface area contributed by atoms with Gasteiger partial charge in [-0.25, -0.2) is 0 Å². The average molecular weight is 442 g/mol. The van der Waals surface area contributed by atoms with Gasteiger partial charge in [0.1, 0.15) is 0 Å². The molecular weight excluding hydrogens is 421 g/mol. The molecule has 30 heavy (non-hydrogen) atoms. The zero-order valence-electron chi connectivity index (χ0n) is 16.3. The van der Waals surface area contributed by atoms with E-state index < -0.39 is 0 Å². The molecule has 3 aromatic rings. The summed E-state index contributed by atoms with van der Waals surface area (Å²) >= 11 is 12.1. The van der Waals surface area contributed by atoms with Gasteiger partial charge in [-0.2, -0.15) is 0 Å². The number of carbonyl (C=O) groups is 2. The second kappa shape index (κ2) is 8.94. The number of para-hydroxylation sites is 1. The third kappa shape index (κ3) is 4.53. The first-order valence-corrected chi connectivity index (χ1v) is 10.5. The summed E-state index contributed by atoms with van der Waals surface area (Å²) in [5, 5.41) is 2.18. The van der Waals surface area contributed by atoms with Crippen LogP contribution in [0.5, 0.6) is 0 Å². The van der Waals surface area contributed by atoms with Gasteiger partial charge in [0.2, 0.25) is 11.8 Å². The average Bonchev–Trinajstić information content (AvgIpc) is 3.17. The molecule has 0 aliphatic carbocycles. The number of piperazine rings is 1. The van der Waals surface area contributed by atoms with Crippen LogP contribution in [-0.2, 0) is 16.0 Å². The number of aromatic nitrogens is 1. The van der Waals surface area contributed by atoms with E-state index >= 15 is 0 Å². The van der Waals surface area contributed by atoms with Crippen LogP contribution in [0, 0.1) is 0 Å². The molecule has 0 unspecified atom stereocenters. The highest BCUT2D eigenvalue weighted by Gasteiger charge is 2.23. The molecular formula is C23H21Cl2N3O2. The molecule has 0 atom stereocenters. The topological polar surface area (TPSA) is 56.4 Å². The van der Waals surface area contributed by atoms with Crippen LogP contribution in [0.1, 0.15) is 11.1 Å². The third-order valence-corrected chi connectivity index (χ3v) is 5.90. The molecule has 0 radical (unpaired) electrons. The molecule has 0 saturated carbocycles. The van der Waals surface area contributed by atoms with Crippen molar-refractivity contribution >= 4 is 52.0 Å². The molecule has 5 nitrogen and oxygen atoms in total. The van der Waals surface area contributed by atoms with E-state index in [0.717, 1.165) is 16.5 Å². The molecule has 2 heterocycles. The highest BCUT2D eigenvalue weighted by molar-refractivity contribution is 6.34. The molecule has 1 aliphatic rings. The quantitative estimate of drug-likeness (QED) is 0.609. The minimum atomic E-state index is -0.102. The number of carbonyl (C=O) groups excluding carboxylic acids is 2. The Morgan fingerprint density at radius 1 is 1.00 bits per heavy atom. The molecule has 0 bridgehead atoms. The predicted molar refractivity (Wildman–Crippen MR) is 121 cm³/mol. The lowest BCUT2D eigenvalue weighted by Crippen LogP contribution is -2.50. The maximum absolute atomic E-state index is 12.7. The molecule has 1 aromatic heterocycles. The maximum atomic E-state index is 12.7. The van der Waals surface area contributed by atoms with Crippen molar-refractivity contribution in [1.29, 1.82) is 0 Å². The number of fused-ring (bicyclic) bond motifs is 1. The van der Waals surface area contributed by atoms with Crippen molar-refractivity contribution in [1.82, 2.24) is 14.8 Å². The number of hydrogen-bond donors (Lipinski definition) is 1. The van der Waals surface area contributed by atoms with E-state index in [4.69, 9.17) is 23.2 Å². The largest absolute Gasteiger partial charge is 0.361 e. The molecule has 1 N–H and O–H groups in total. The van der Waals surface area contributed by atoms with Crippen molar-refractivity contribution in [2.24, 2.45) is 0 Å². The number of amides is 2. The van der Waals surface area contributed by atoms with Gasteiger partial charge in [-0.1, -0.05) is 41.4 Å². The Labute approximate surface area is 184 Å². The number of rotatable bonds is 4. The summed E-state index contributed by atoms with van der Waals surface area (Å²) in [4.78, 5) is 32.0. The fourth-order valence-electron chi connectivity index (χ4n) is 3.64. The number of halogens is 2. The first kappa shape index (κ1) is 20.5. The van der Waals surface area contributed by atoms with Gasteiger partial charge in [0.15, 0.2) is 0 Å². The monoisotopic (exact) mass is 441 g/mol. The smallest absolute Gasteiger partial charge is 0.246 e.